The first-order valence-corrected chi connectivity index (χ1v) is 26.5. The van der Waals surface area contributed by atoms with Crippen LogP contribution < -0.4 is 19.6 Å². The monoisotopic (exact) mass is 990 g/mol. The van der Waals surface area contributed by atoms with Gasteiger partial charge < -0.3 is 19.6 Å². The largest absolute Gasteiger partial charge is 0.332 e. The quantitative estimate of drug-likeness (QED) is 0.101. The molecule has 0 spiro atoms. The summed E-state index contributed by atoms with van der Waals surface area (Å²) in [5, 5.41) is 0. The van der Waals surface area contributed by atoms with Crippen molar-refractivity contribution in [2.24, 2.45) is 0 Å². The first kappa shape index (κ1) is 48.1. The second-order valence-electron chi connectivity index (χ2n) is 19.6. The van der Waals surface area contributed by atoms with E-state index in [0.717, 1.165) is 74.5 Å². The zero-order valence-corrected chi connectivity index (χ0v) is 43.1. The lowest BCUT2D eigenvalue weighted by atomic mass is 9.85. The summed E-state index contributed by atoms with van der Waals surface area (Å²) in [4.78, 5) is 9.40. The highest BCUT2D eigenvalue weighted by atomic mass is 15.2. The average Bonchev–Trinajstić information content (AvgIpc) is 3.50. The summed E-state index contributed by atoms with van der Waals surface area (Å²) >= 11 is 0. The van der Waals surface area contributed by atoms with Crippen molar-refractivity contribution in [1.82, 2.24) is 0 Å². The molecule has 0 radical (unpaired) electrons. The van der Waals surface area contributed by atoms with Gasteiger partial charge in [-0.1, -0.05) is 188 Å². The molecule has 77 heavy (non-hydrogen) atoms. The third kappa shape index (κ3) is 10.3. The van der Waals surface area contributed by atoms with Crippen molar-refractivity contribution in [3.63, 3.8) is 0 Å². The number of rotatable bonds is 15. The third-order valence-electron chi connectivity index (χ3n) is 14.6. The van der Waals surface area contributed by atoms with Crippen LogP contribution in [0.1, 0.15) is 18.9 Å². The fraction of sp³-hybridized carbons (Fsp3) is 0.0411. The van der Waals surface area contributed by atoms with Crippen molar-refractivity contribution in [3.05, 3.63) is 327 Å². The molecule has 1 aliphatic carbocycles. The van der Waals surface area contributed by atoms with Gasteiger partial charge in [0.2, 0.25) is 0 Å². The summed E-state index contributed by atoms with van der Waals surface area (Å²) < 4.78 is 0. The van der Waals surface area contributed by atoms with Crippen molar-refractivity contribution >= 4 is 68.1 Å². The number of anilines is 11. The van der Waals surface area contributed by atoms with Gasteiger partial charge in [0.25, 0.3) is 0 Å². The predicted molar refractivity (Wildman–Crippen MR) is 327 cm³/mol. The van der Waals surface area contributed by atoms with Crippen LogP contribution >= 0.6 is 0 Å². The lowest BCUT2D eigenvalue weighted by Gasteiger charge is -2.42. The SMILES string of the molecule is CC1(N(c2ccccc2)c2ccc(-c3ccc(N(c4ccccc4)c4ccccc4)cc3)cc2)C=CC(c2ccc(N(c3ccccc3)c3ccc(-c4ccc(N(c5ccccc5)c5ccccc5)cc4)cc3)cc2)=CC1. The number of nitrogens with zero attached hydrogens (tertiary/aromatic N) is 4. The van der Waals surface area contributed by atoms with Crippen LogP contribution in [0.25, 0.3) is 27.8 Å². The fourth-order valence-electron chi connectivity index (χ4n) is 10.7. The highest BCUT2D eigenvalue weighted by Gasteiger charge is 2.32. The molecule has 11 aromatic rings. The van der Waals surface area contributed by atoms with Gasteiger partial charge in [0, 0.05) is 62.6 Å². The first-order valence-electron chi connectivity index (χ1n) is 26.5. The summed E-state index contributed by atoms with van der Waals surface area (Å²) in [6, 6.07) is 108. The van der Waals surface area contributed by atoms with E-state index >= 15 is 0 Å². The molecule has 0 saturated carbocycles. The zero-order chi connectivity index (χ0) is 51.8. The molecule has 370 valence electrons. The Balaban J connectivity index is 0.765. The first-order chi connectivity index (χ1) is 38.0. The van der Waals surface area contributed by atoms with Crippen LogP contribution in [0.3, 0.4) is 0 Å². The van der Waals surface area contributed by atoms with E-state index in [9.17, 15) is 0 Å². The predicted octanol–water partition coefficient (Wildman–Crippen LogP) is 20.4. The summed E-state index contributed by atoms with van der Waals surface area (Å²) in [5.74, 6) is 0. The lowest BCUT2D eigenvalue weighted by Crippen LogP contribution is -2.42. The van der Waals surface area contributed by atoms with Crippen molar-refractivity contribution in [2.75, 3.05) is 19.6 Å². The smallest absolute Gasteiger partial charge is 0.0643 e. The average molecular weight is 991 g/mol. The molecule has 11 aromatic carbocycles. The second kappa shape index (κ2) is 21.9. The molecule has 0 aliphatic heterocycles. The van der Waals surface area contributed by atoms with Crippen molar-refractivity contribution in [3.8, 4) is 22.3 Å². The summed E-state index contributed by atoms with van der Waals surface area (Å²) in [5.41, 5.74) is 19.1. The van der Waals surface area contributed by atoms with E-state index in [1.165, 1.54) is 27.8 Å². The molecule has 0 aromatic heterocycles. The molecule has 0 N–H and O–H groups in total. The van der Waals surface area contributed by atoms with E-state index in [4.69, 9.17) is 0 Å². The molecule has 0 heterocycles. The van der Waals surface area contributed by atoms with Crippen LogP contribution in [0, 0.1) is 0 Å². The number of allylic oxidation sites excluding steroid dienone is 2. The minimum absolute atomic E-state index is 0.310. The molecule has 1 aliphatic rings. The minimum atomic E-state index is -0.310. The van der Waals surface area contributed by atoms with Crippen molar-refractivity contribution < 1.29 is 0 Å². The Morgan fingerprint density at radius 3 is 0.727 bits per heavy atom. The van der Waals surface area contributed by atoms with Gasteiger partial charge in [0.15, 0.2) is 0 Å². The van der Waals surface area contributed by atoms with Crippen molar-refractivity contribution in [2.45, 2.75) is 18.9 Å². The summed E-state index contributed by atoms with van der Waals surface area (Å²) in [7, 11) is 0. The standard InChI is InChI=1S/C73H58N4/c1-73(77(71-30-18-7-19-31-71)72-50-40-59(41-51-72)58-34-44-68(45-35-58)75(64-24-12-4-13-25-64)65-26-14-5-15-27-65)54-52-61(53-55-73)60-38-48-70(49-39-60)76(66-28-16-6-17-29-66)69-46-36-57(37-47-69)56-32-42-67(43-33-56)74(62-20-8-2-9-21-62)63-22-10-3-11-23-63/h2-54H,55H2,1H3. The van der Waals surface area contributed by atoms with Gasteiger partial charge in [-0.2, -0.15) is 0 Å². The zero-order valence-electron chi connectivity index (χ0n) is 43.1. The Bertz CT molecular complexity index is 3640. The van der Waals surface area contributed by atoms with Crippen LogP contribution in [0.4, 0.5) is 62.6 Å². The van der Waals surface area contributed by atoms with Crippen LogP contribution in [0.15, 0.2) is 322 Å². The van der Waals surface area contributed by atoms with Gasteiger partial charge in [0.1, 0.15) is 0 Å². The molecule has 4 nitrogen and oxygen atoms in total. The van der Waals surface area contributed by atoms with E-state index in [-0.39, 0.29) is 5.54 Å². The molecule has 1 atom stereocenters. The third-order valence-corrected chi connectivity index (χ3v) is 14.6. The van der Waals surface area contributed by atoms with E-state index < -0.39 is 0 Å². The number of para-hydroxylation sites is 6. The van der Waals surface area contributed by atoms with E-state index in [1.807, 2.05) is 0 Å². The summed E-state index contributed by atoms with van der Waals surface area (Å²) in [6.07, 6.45) is 7.92. The van der Waals surface area contributed by atoms with E-state index in [0.29, 0.717) is 0 Å². The Morgan fingerprint density at radius 2 is 0.468 bits per heavy atom. The highest BCUT2D eigenvalue weighted by molar-refractivity contribution is 5.84. The molecule has 12 rings (SSSR count). The van der Waals surface area contributed by atoms with E-state index in [1.54, 1.807) is 0 Å². The molecular formula is C73H58N4. The van der Waals surface area contributed by atoms with Crippen molar-refractivity contribution in [1.29, 1.82) is 0 Å². The normalized spacial score (nSPS) is 13.8. The second-order valence-corrected chi connectivity index (χ2v) is 19.6. The van der Waals surface area contributed by atoms with Crippen LogP contribution in [0.2, 0.25) is 0 Å². The molecule has 0 bridgehead atoms. The Morgan fingerprint density at radius 1 is 0.247 bits per heavy atom. The van der Waals surface area contributed by atoms with Gasteiger partial charge in [-0.3, -0.25) is 0 Å². The van der Waals surface area contributed by atoms with Gasteiger partial charge in [-0.05, 0) is 180 Å². The minimum Gasteiger partial charge on any atom is -0.332 e. The van der Waals surface area contributed by atoms with Crippen LogP contribution in [0.5, 0.6) is 0 Å². The summed E-state index contributed by atoms with van der Waals surface area (Å²) in [6.45, 7) is 2.34. The maximum absolute atomic E-state index is 2.48. The molecular weight excluding hydrogens is 933 g/mol. The number of benzene rings is 11. The van der Waals surface area contributed by atoms with Gasteiger partial charge in [-0.25, -0.2) is 0 Å². The van der Waals surface area contributed by atoms with Gasteiger partial charge in [-0.15, -0.1) is 0 Å². The highest BCUT2D eigenvalue weighted by Crippen LogP contribution is 2.43. The molecule has 0 fully saturated rings. The Kier molecular flexibility index (Phi) is 13.7. The number of hydrogen-bond acceptors (Lipinski definition) is 4. The fourth-order valence-corrected chi connectivity index (χ4v) is 10.7. The lowest BCUT2D eigenvalue weighted by molar-refractivity contribution is 0.571. The van der Waals surface area contributed by atoms with Gasteiger partial charge >= 0.3 is 0 Å². The Labute approximate surface area is 453 Å². The van der Waals surface area contributed by atoms with Crippen LogP contribution in [-0.4, -0.2) is 5.54 Å². The van der Waals surface area contributed by atoms with E-state index in [2.05, 4.69) is 348 Å². The maximum Gasteiger partial charge on any atom is 0.0643 e. The van der Waals surface area contributed by atoms with Gasteiger partial charge in [0.05, 0.1) is 5.54 Å². The molecule has 1 unspecified atom stereocenters. The van der Waals surface area contributed by atoms with Crippen LogP contribution in [-0.2, 0) is 0 Å². The molecule has 4 heteroatoms. The maximum atomic E-state index is 2.48. The molecule has 0 amide bonds. The topological polar surface area (TPSA) is 13.0 Å². The Hall–Kier alpha value is -9.90. The molecule has 0 saturated heterocycles. The number of hydrogen-bond donors (Lipinski definition) is 0.